The summed E-state index contributed by atoms with van der Waals surface area (Å²) in [5, 5.41) is 3.72. The zero-order chi connectivity index (χ0) is 12.5. The number of likely N-dealkylation sites (N-methyl/N-ethyl adjacent to an activating group) is 1. The summed E-state index contributed by atoms with van der Waals surface area (Å²) in [6, 6.07) is 6.68. The van der Waals surface area contributed by atoms with Crippen LogP contribution in [0.5, 0.6) is 0 Å². The molecule has 0 saturated carbocycles. The summed E-state index contributed by atoms with van der Waals surface area (Å²) in [7, 11) is 1.83. The molecule has 0 fully saturated rings. The van der Waals surface area contributed by atoms with Crippen LogP contribution in [0.3, 0.4) is 0 Å². The number of hydrogen-bond donors (Lipinski definition) is 1. The second-order valence-corrected chi connectivity index (χ2v) is 4.87. The summed E-state index contributed by atoms with van der Waals surface area (Å²) in [5.41, 5.74) is 0.962. The second kappa shape index (κ2) is 4.66. The van der Waals surface area contributed by atoms with Crippen molar-refractivity contribution in [3.05, 3.63) is 34.7 Å². The maximum Gasteiger partial charge on any atom is 0.425 e. The summed E-state index contributed by atoms with van der Waals surface area (Å²) in [5.74, 6) is 0. The van der Waals surface area contributed by atoms with Crippen LogP contribution < -0.4 is 5.32 Å². The fraction of sp³-hybridized carbons (Fsp3) is 0.333. The first-order valence-electron chi connectivity index (χ1n) is 5.25. The lowest BCUT2D eigenvalue weighted by Gasteiger charge is -2.02. The second-order valence-electron chi connectivity index (χ2n) is 3.79. The minimum Gasteiger partial charge on any atom is -0.319 e. The van der Waals surface area contributed by atoms with E-state index in [2.05, 4.69) is 5.32 Å². The Morgan fingerprint density at radius 2 is 2.06 bits per heavy atom. The molecule has 2 rings (SSSR count). The van der Waals surface area contributed by atoms with E-state index in [1.54, 1.807) is 6.07 Å². The van der Waals surface area contributed by atoms with Gasteiger partial charge < -0.3 is 5.32 Å². The Labute approximate surface area is 101 Å². The molecule has 1 aromatic carbocycles. The van der Waals surface area contributed by atoms with Crippen molar-refractivity contribution in [2.75, 3.05) is 13.6 Å². The minimum absolute atomic E-state index is 0.524. The highest BCUT2D eigenvalue weighted by Crippen LogP contribution is 2.38. The van der Waals surface area contributed by atoms with Crippen LogP contribution >= 0.6 is 11.3 Å². The van der Waals surface area contributed by atoms with Gasteiger partial charge >= 0.3 is 6.18 Å². The highest BCUT2D eigenvalue weighted by Gasteiger charge is 2.32. The predicted molar refractivity (Wildman–Crippen MR) is 64.5 cm³/mol. The largest absolute Gasteiger partial charge is 0.425 e. The first-order chi connectivity index (χ1) is 8.02. The quantitative estimate of drug-likeness (QED) is 0.886. The van der Waals surface area contributed by atoms with Crippen molar-refractivity contribution in [3.8, 4) is 0 Å². The Bertz CT molecular complexity index is 516. The van der Waals surface area contributed by atoms with Crippen LogP contribution in [-0.4, -0.2) is 13.6 Å². The third-order valence-corrected chi connectivity index (χ3v) is 3.72. The smallest absolute Gasteiger partial charge is 0.319 e. The van der Waals surface area contributed by atoms with E-state index in [-0.39, 0.29) is 0 Å². The maximum atomic E-state index is 12.6. The molecule has 5 heteroatoms. The number of alkyl halides is 3. The van der Waals surface area contributed by atoms with Gasteiger partial charge in [-0.15, -0.1) is 11.3 Å². The van der Waals surface area contributed by atoms with Gasteiger partial charge in [0.2, 0.25) is 0 Å². The molecule has 92 valence electrons. The summed E-state index contributed by atoms with van der Waals surface area (Å²) in [6.45, 7) is 0.760. The molecule has 0 aliphatic carbocycles. The number of thiophene rings is 1. The molecule has 1 aromatic heterocycles. The Kier molecular flexibility index (Phi) is 3.40. The van der Waals surface area contributed by atoms with Crippen LogP contribution in [0.1, 0.15) is 10.4 Å². The van der Waals surface area contributed by atoms with Crippen LogP contribution in [-0.2, 0) is 12.6 Å². The molecule has 0 atom stereocenters. The molecule has 2 aromatic rings. The van der Waals surface area contributed by atoms with Gasteiger partial charge in [0.25, 0.3) is 0 Å². The topological polar surface area (TPSA) is 12.0 Å². The van der Waals surface area contributed by atoms with E-state index < -0.39 is 11.1 Å². The average Bonchev–Trinajstić information content (AvgIpc) is 2.70. The molecule has 0 spiro atoms. The molecule has 0 aliphatic heterocycles. The molecule has 1 heterocycles. The molecular formula is C12H12F3NS. The maximum absolute atomic E-state index is 12.6. The standard InChI is InChI=1S/C12H12F3NS/c1-16-6-5-8-3-2-4-10-9(8)7-11(17-10)12(13,14)15/h2-4,7,16H,5-6H2,1H3. The summed E-state index contributed by atoms with van der Waals surface area (Å²) in [6.07, 6.45) is -3.51. The van der Waals surface area contributed by atoms with Gasteiger partial charge in [0.05, 0.1) is 0 Å². The van der Waals surface area contributed by atoms with Crippen LogP contribution in [0.25, 0.3) is 10.1 Å². The van der Waals surface area contributed by atoms with Crippen LogP contribution in [0, 0.1) is 0 Å². The summed E-state index contributed by atoms with van der Waals surface area (Å²) in [4.78, 5) is -0.524. The highest BCUT2D eigenvalue weighted by atomic mass is 32.1. The van der Waals surface area contributed by atoms with Crippen LogP contribution in [0.4, 0.5) is 13.2 Å². The van der Waals surface area contributed by atoms with Gasteiger partial charge in [-0.2, -0.15) is 13.2 Å². The number of fused-ring (bicyclic) bond motifs is 1. The molecule has 0 aliphatic rings. The molecule has 1 nitrogen and oxygen atoms in total. The molecule has 0 bridgehead atoms. The van der Waals surface area contributed by atoms with E-state index >= 15 is 0 Å². The monoisotopic (exact) mass is 259 g/mol. The first kappa shape index (κ1) is 12.4. The summed E-state index contributed by atoms with van der Waals surface area (Å²) < 4.78 is 38.5. The number of rotatable bonds is 3. The molecule has 0 amide bonds. The third-order valence-electron chi connectivity index (χ3n) is 2.58. The van der Waals surface area contributed by atoms with Gasteiger partial charge in [0, 0.05) is 4.70 Å². The zero-order valence-electron chi connectivity index (χ0n) is 9.27. The molecule has 0 saturated heterocycles. The van der Waals surface area contributed by atoms with E-state index in [1.807, 2.05) is 19.2 Å². The molecule has 0 unspecified atom stereocenters. The zero-order valence-corrected chi connectivity index (χ0v) is 10.1. The van der Waals surface area contributed by atoms with Gasteiger partial charge in [0.1, 0.15) is 4.88 Å². The Balaban J connectivity index is 2.45. The Hall–Kier alpha value is -1.07. The number of halogens is 3. The van der Waals surface area contributed by atoms with E-state index in [1.165, 1.54) is 6.07 Å². The first-order valence-corrected chi connectivity index (χ1v) is 6.07. The number of hydrogen-bond acceptors (Lipinski definition) is 2. The Morgan fingerprint density at radius 1 is 1.29 bits per heavy atom. The fourth-order valence-electron chi connectivity index (χ4n) is 1.74. The third kappa shape index (κ3) is 2.61. The highest BCUT2D eigenvalue weighted by molar-refractivity contribution is 7.19. The van der Waals surface area contributed by atoms with Crippen molar-refractivity contribution in [3.63, 3.8) is 0 Å². The molecule has 17 heavy (non-hydrogen) atoms. The van der Waals surface area contributed by atoms with E-state index in [9.17, 15) is 13.2 Å². The summed E-state index contributed by atoms with van der Waals surface area (Å²) >= 11 is 0.806. The number of nitrogens with one attached hydrogen (secondary N) is 1. The van der Waals surface area contributed by atoms with Crippen molar-refractivity contribution in [2.45, 2.75) is 12.6 Å². The fourth-order valence-corrected chi connectivity index (χ4v) is 2.71. The lowest BCUT2D eigenvalue weighted by atomic mass is 10.1. The molecule has 0 radical (unpaired) electrons. The average molecular weight is 259 g/mol. The van der Waals surface area contributed by atoms with Crippen molar-refractivity contribution in [1.29, 1.82) is 0 Å². The van der Waals surface area contributed by atoms with Crippen molar-refractivity contribution >= 4 is 21.4 Å². The van der Waals surface area contributed by atoms with E-state index in [4.69, 9.17) is 0 Å². The number of benzene rings is 1. The van der Waals surface area contributed by atoms with Crippen LogP contribution in [0.15, 0.2) is 24.3 Å². The lowest BCUT2D eigenvalue weighted by molar-refractivity contribution is -0.134. The van der Waals surface area contributed by atoms with Crippen molar-refractivity contribution in [1.82, 2.24) is 5.32 Å². The normalized spacial score (nSPS) is 12.2. The van der Waals surface area contributed by atoms with Gasteiger partial charge in [0.15, 0.2) is 0 Å². The lowest BCUT2D eigenvalue weighted by Crippen LogP contribution is -2.10. The van der Waals surface area contributed by atoms with Crippen LogP contribution in [0.2, 0.25) is 0 Å². The van der Waals surface area contributed by atoms with E-state index in [0.717, 1.165) is 35.3 Å². The molecular weight excluding hydrogens is 247 g/mol. The van der Waals surface area contributed by atoms with Gasteiger partial charge in [-0.1, -0.05) is 12.1 Å². The predicted octanol–water partition coefficient (Wildman–Crippen LogP) is 3.68. The van der Waals surface area contributed by atoms with Gasteiger partial charge in [-0.05, 0) is 43.1 Å². The van der Waals surface area contributed by atoms with Crippen molar-refractivity contribution < 1.29 is 13.2 Å². The molecule has 1 N–H and O–H groups in total. The Morgan fingerprint density at radius 3 is 2.71 bits per heavy atom. The van der Waals surface area contributed by atoms with E-state index in [0.29, 0.717) is 4.70 Å². The minimum atomic E-state index is -4.25. The van der Waals surface area contributed by atoms with Gasteiger partial charge in [-0.3, -0.25) is 0 Å². The SMILES string of the molecule is CNCCc1cccc2sc(C(F)(F)F)cc12. The van der Waals surface area contributed by atoms with Gasteiger partial charge in [-0.25, -0.2) is 0 Å². The van der Waals surface area contributed by atoms with Crippen molar-refractivity contribution in [2.24, 2.45) is 0 Å².